The van der Waals surface area contributed by atoms with Crippen LogP contribution in [0.1, 0.15) is 6.04 Å². The zero-order chi connectivity index (χ0) is 14.2. The Kier molecular flexibility index (Phi) is 3.21. The first-order valence-electron chi connectivity index (χ1n) is 7.10. The molecule has 3 heterocycles. The molecular formula is C15H17N3O3. The summed E-state index contributed by atoms with van der Waals surface area (Å²) < 4.78 is 18.9. The van der Waals surface area contributed by atoms with Crippen molar-refractivity contribution in [1.82, 2.24) is 15.0 Å². The van der Waals surface area contributed by atoms with Gasteiger partial charge in [0.05, 0.1) is 19.4 Å². The van der Waals surface area contributed by atoms with Crippen LogP contribution in [0.3, 0.4) is 0 Å². The van der Waals surface area contributed by atoms with E-state index >= 15 is 0 Å². The molecule has 1 aromatic carbocycles. The summed E-state index contributed by atoms with van der Waals surface area (Å²) in [5.74, 6) is 0. The van der Waals surface area contributed by atoms with Gasteiger partial charge in [0.1, 0.15) is 30.0 Å². The van der Waals surface area contributed by atoms with Crippen molar-refractivity contribution < 1.29 is 14.2 Å². The monoisotopic (exact) mass is 287 g/mol. The molecule has 0 aliphatic carbocycles. The number of nitrogens with zero attached hydrogens (tertiary/aromatic N) is 3. The minimum absolute atomic E-state index is 0.00984. The molecular weight excluding hydrogens is 270 g/mol. The summed E-state index contributed by atoms with van der Waals surface area (Å²) in [6.45, 7) is 1.15. The largest absolute Gasteiger partial charge is 0.376 e. The van der Waals surface area contributed by atoms with Gasteiger partial charge in [-0.25, -0.2) is 4.68 Å². The van der Waals surface area contributed by atoms with E-state index in [-0.39, 0.29) is 24.4 Å². The second kappa shape index (κ2) is 5.22. The van der Waals surface area contributed by atoms with Crippen LogP contribution in [0, 0.1) is 0 Å². The number of aromatic nitrogens is 3. The molecule has 6 nitrogen and oxygen atoms in total. The van der Waals surface area contributed by atoms with Crippen molar-refractivity contribution in [2.24, 2.45) is 0 Å². The van der Waals surface area contributed by atoms with Crippen LogP contribution in [0.4, 0.5) is 0 Å². The van der Waals surface area contributed by atoms with Gasteiger partial charge in [-0.3, -0.25) is 0 Å². The van der Waals surface area contributed by atoms with Crippen LogP contribution in [-0.4, -0.2) is 53.6 Å². The summed E-state index contributed by atoms with van der Waals surface area (Å²) in [5.41, 5.74) is 1.92. The van der Waals surface area contributed by atoms with Gasteiger partial charge in [0, 0.05) is 12.7 Å². The Morgan fingerprint density at radius 2 is 1.95 bits per heavy atom. The van der Waals surface area contributed by atoms with E-state index in [9.17, 15) is 0 Å². The van der Waals surface area contributed by atoms with Crippen molar-refractivity contribution in [3.05, 3.63) is 36.5 Å². The van der Waals surface area contributed by atoms with Crippen LogP contribution in [-0.2, 0) is 14.2 Å². The van der Waals surface area contributed by atoms with E-state index in [0.29, 0.717) is 13.2 Å². The second-order valence-corrected chi connectivity index (χ2v) is 5.39. The molecule has 0 N–H and O–H groups in total. The van der Waals surface area contributed by atoms with Crippen molar-refractivity contribution >= 4 is 0 Å². The van der Waals surface area contributed by atoms with Gasteiger partial charge in [-0.2, -0.15) is 0 Å². The summed E-state index contributed by atoms with van der Waals surface area (Å²) in [6.07, 6.45) is 1.94. The van der Waals surface area contributed by atoms with Crippen LogP contribution in [0.15, 0.2) is 36.5 Å². The average Bonchev–Trinajstić information content (AvgIpc) is 3.23. The lowest BCUT2D eigenvalue weighted by atomic mass is 10.1. The number of ether oxygens (including phenoxy) is 3. The smallest absolute Gasteiger partial charge is 0.114 e. The Hall–Kier alpha value is -1.76. The van der Waals surface area contributed by atoms with E-state index in [2.05, 4.69) is 10.3 Å². The first-order chi connectivity index (χ1) is 10.4. The Bertz CT molecular complexity index is 616. The third-order valence-corrected chi connectivity index (χ3v) is 4.20. The van der Waals surface area contributed by atoms with Crippen LogP contribution >= 0.6 is 0 Å². The minimum atomic E-state index is -0.0136. The molecule has 21 heavy (non-hydrogen) atoms. The Morgan fingerprint density at radius 1 is 1.14 bits per heavy atom. The quantitative estimate of drug-likeness (QED) is 0.851. The summed E-state index contributed by atoms with van der Waals surface area (Å²) in [5, 5.41) is 8.51. The van der Waals surface area contributed by atoms with Crippen LogP contribution < -0.4 is 0 Å². The maximum atomic E-state index is 5.82. The molecule has 2 aromatic rings. The fourth-order valence-electron chi connectivity index (χ4n) is 3.05. The SMILES string of the molecule is CO[C@@H]1CO[C@H]2[C@@H]1OC[C@@H]2n1cc(-c2ccccc2)nn1. The summed E-state index contributed by atoms with van der Waals surface area (Å²) in [6, 6.07) is 10.1. The van der Waals surface area contributed by atoms with E-state index in [1.54, 1.807) is 7.11 Å². The first kappa shape index (κ1) is 12.9. The number of fused-ring (bicyclic) bond motifs is 1. The van der Waals surface area contributed by atoms with E-state index in [4.69, 9.17) is 14.2 Å². The van der Waals surface area contributed by atoms with Crippen molar-refractivity contribution in [1.29, 1.82) is 0 Å². The van der Waals surface area contributed by atoms with Gasteiger partial charge in [-0.05, 0) is 0 Å². The molecule has 0 unspecified atom stereocenters. The molecule has 0 saturated carbocycles. The predicted molar refractivity (Wildman–Crippen MR) is 74.8 cm³/mol. The molecule has 1 aromatic heterocycles. The lowest BCUT2D eigenvalue weighted by molar-refractivity contribution is -0.00910. The van der Waals surface area contributed by atoms with Crippen LogP contribution in [0.2, 0.25) is 0 Å². The fourth-order valence-corrected chi connectivity index (χ4v) is 3.05. The molecule has 0 bridgehead atoms. The molecule has 2 aliphatic heterocycles. The standard InChI is InChI=1S/C15H17N3O3/c1-19-13-9-21-14-12(8-20-15(13)14)18-7-11(16-17-18)10-5-3-2-4-6-10/h2-7,12-15H,8-9H2,1H3/t12-,13+,14+,15+/m0/s1. The highest BCUT2D eigenvalue weighted by Gasteiger charge is 2.49. The molecule has 2 fully saturated rings. The number of hydrogen-bond acceptors (Lipinski definition) is 5. The summed E-state index contributed by atoms with van der Waals surface area (Å²) >= 11 is 0. The van der Waals surface area contributed by atoms with Gasteiger partial charge < -0.3 is 14.2 Å². The van der Waals surface area contributed by atoms with Crippen molar-refractivity contribution in [2.45, 2.75) is 24.4 Å². The van der Waals surface area contributed by atoms with Crippen molar-refractivity contribution in [3.63, 3.8) is 0 Å². The molecule has 0 radical (unpaired) electrons. The molecule has 2 aliphatic rings. The zero-order valence-electron chi connectivity index (χ0n) is 11.8. The summed E-state index contributed by atoms with van der Waals surface area (Å²) in [4.78, 5) is 0. The second-order valence-electron chi connectivity index (χ2n) is 5.39. The zero-order valence-corrected chi connectivity index (χ0v) is 11.8. The van der Waals surface area contributed by atoms with Crippen molar-refractivity contribution in [2.75, 3.05) is 20.3 Å². The molecule has 6 heteroatoms. The Balaban J connectivity index is 1.57. The third-order valence-electron chi connectivity index (χ3n) is 4.20. The lowest BCUT2D eigenvalue weighted by Gasteiger charge is -2.15. The molecule has 2 saturated heterocycles. The molecule has 0 spiro atoms. The number of hydrogen-bond donors (Lipinski definition) is 0. The molecule has 110 valence electrons. The first-order valence-corrected chi connectivity index (χ1v) is 7.10. The molecule has 0 amide bonds. The Morgan fingerprint density at radius 3 is 2.76 bits per heavy atom. The maximum Gasteiger partial charge on any atom is 0.114 e. The molecule has 4 rings (SSSR count). The van der Waals surface area contributed by atoms with E-state index in [1.165, 1.54) is 0 Å². The van der Waals surface area contributed by atoms with E-state index < -0.39 is 0 Å². The Labute approximate surface area is 122 Å². The normalized spacial score (nSPS) is 31.5. The minimum Gasteiger partial charge on any atom is -0.376 e. The predicted octanol–water partition coefficient (Wildman–Crippen LogP) is 1.30. The number of rotatable bonds is 3. The highest BCUT2D eigenvalue weighted by Crippen LogP contribution is 2.35. The number of methoxy groups -OCH3 is 1. The van der Waals surface area contributed by atoms with Gasteiger partial charge in [-0.15, -0.1) is 5.10 Å². The van der Waals surface area contributed by atoms with Crippen LogP contribution in [0.25, 0.3) is 11.3 Å². The third kappa shape index (κ3) is 2.16. The highest BCUT2D eigenvalue weighted by atomic mass is 16.6. The molecule has 4 atom stereocenters. The van der Waals surface area contributed by atoms with Gasteiger partial charge >= 0.3 is 0 Å². The average molecular weight is 287 g/mol. The topological polar surface area (TPSA) is 58.4 Å². The van der Waals surface area contributed by atoms with E-state index in [0.717, 1.165) is 11.3 Å². The van der Waals surface area contributed by atoms with Gasteiger partial charge in [0.25, 0.3) is 0 Å². The van der Waals surface area contributed by atoms with Gasteiger partial charge in [0.15, 0.2) is 0 Å². The van der Waals surface area contributed by atoms with Gasteiger partial charge in [0.2, 0.25) is 0 Å². The van der Waals surface area contributed by atoms with Crippen molar-refractivity contribution in [3.8, 4) is 11.3 Å². The fraction of sp³-hybridized carbons (Fsp3) is 0.467. The van der Waals surface area contributed by atoms with Gasteiger partial charge in [-0.1, -0.05) is 35.5 Å². The summed E-state index contributed by atoms with van der Waals surface area (Å²) in [7, 11) is 1.69. The maximum absolute atomic E-state index is 5.82. The van der Waals surface area contributed by atoms with Crippen LogP contribution in [0.5, 0.6) is 0 Å². The lowest BCUT2D eigenvalue weighted by Crippen LogP contribution is -2.31. The van der Waals surface area contributed by atoms with E-state index in [1.807, 2.05) is 41.2 Å². The highest BCUT2D eigenvalue weighted by molar-refractivity contribution is 5.57. The number of benzene rings is 1.